The predicted octanol–water partition coefficient (Wildman–Crippen LogP) is 4.62. The van der Waals surface area contributed by atoms with Gasteiger partial charge in [-0.1, -0.05) is 35.9 Å². The van der Waals surface area contributed by atoms with E-state index >= 15 is 0 Å². The van der Waals surface area contributed by atoms with Gasteiger partial charge in [0.2, 0.25) is 11.8 Å². The van der Waals surface area contributed by atoms with E-state index in [1.807, 2.05) is 63.4 Å². The summed E-state index contributed by atoms with van der Waals surface area (Å²) in [4.78, 5) is 41.4. The third-order valence-corrected chi connectivity index (χ3v) is 7.74. The Morgan fingerprint density at radius 3 is 2.54 bits per heavy atom. The molecule has 10 heteroatoms. The number of likely N-dealkylation sites (N-methyl/N-ethyl adjacent to an activating group) is 2. The van der Waals surface area contributed by atoms with E-state index in [0.29, 0.717) is 49.7 Å². The summed E-state index contributed by atoms with van der Waals surface area (Å²) in [5.74, 6) is 0.398. The Balaban J connectivity index is 0.000000441. The van der Waals surface area contributed by atoms with Gasteiger partial charge < -0.3 is 31.4 Å². The highest BCUT2D eigenvalue weighted by atomic mass is 16.5. The number of anilines is 2. The van der Waals surface area contributed by atoms with Gasteiger partial charge in [-0.3, -0.25) is 14.4 Å². The minimum atomic E-state index is -0.153. The molecule has 0 saturated carbocycles. The second kappa shape index (κ2) is 18.3. The van der Waals surface area contributed by atoms with Crippen LogP contribution in [0.4, 0.5) is 11.5 Å². The Morgan fingerprint density at radius 1 is 1.09 bits per heavy atom. The number of rotatable bonds is 14. The number of nitrogens with one attached hydrogen (secondary N) is 3. The molecule has 2 aromatic carbocycles. The van der Waals surface area contributed by atoms with Crippen LogP contribution in [0.1, 0.15) is 56.6 Å². The van der Waals surface area contributed by atoms with E-state index in [-0.39, 0.29) is 17.7 Å². The van der Waals surface area contributed by atoms with Crippen LogP contribution in [0.3, 0.4) is 0 Å². The van der Waals surface area contributed by atoms with Crippen molar-refractivity contribution in [3.05, 3.63) is 93.7 Å². The number of pyridine rings is 1. The highest BCUT2D eigenvalue weighted by Crippen LogP contribution is 2.28. The number of fused-ring (bicyclic) bond motifs is 1. The molecule has 46 heavy (non-hydrogen) atoms. The zero-order valence-corrected chi connectivity index (χ0v) is 27.3. The number of aldehydes is 1. The molecule has 244 valence electrons. The Kier molecular flexibility index (Phi) is 14.3. The van der Waals surface area contributed by atoms with Crippen molar-refractivity contribution in [1.29, 1.82) is 5.41 Å². The van der Waals surface area contributed by atoms with Gasteiger partial charge in [-0.15, -0.1) is 0 Å². The van der Waals surface area contributed by atoms with E-state index in [2.05, 4.69) is 15.6 Å². The van der Waals surface area contributed by atoms with Crippen LogP contribution in [-0.2, 0) is 27.2 Å². The van der Waals surface area contributed by atoms with Crippen molar-refractivity contribution in [2.24, 2.45) is 5.92 Å². The number of nitrogens with two attached hydrogens (primary N) is 1. The number of nitrogen functional groups attached to an aromatic ring is 1. The van der Waals surface area contributed by atoms with Crippen molar-refractivity contribution >= 4 is 41.9 Å². The molecule has 4 rings (SSSR count). The molecule has 0 fully saturated rings. The number of carbonyl (C=O) groups excluding carboxylic acids is 3. The van der Waals surface area contributed by atoms with Gasteiger partial charge in [0.25, 0.3) is 0 Å². The fraction of sp³-hybridized carbons (Fsp3) is 0.361. The van der Waals surface area contributed by atoms with Gasteiger partial charge in [-0.2, -0.15) is 0 Å². The summed E-state index contributed by atoms with van der Waals surface area (Å²) in [6.07, 6.45) is 10.8. The van der Waals surface area contributed by atoms with Crippen molar-refractivity contribution in [2.75, 3.05) is 51.4 Å². The molecule has 0 spiro atoms. The zero-order chi connectivity index (χ0) is 33.5. The normalized spacial score (nSPS) is 13.4. The topological polar surface area (TPSA) is 150 Å². The summed E-state index contributed by atoms with van der Waals surface area (Å²) in [6, 6.07) is 13.2. The Labute approximate surface area is 271 Å². The molecule has 5 N–H and O–H groups in total. The van der Waals surface area contributed by atoms with Crippen LogP contribution >= 0.6 is 0 Å². The van der Waals surface area contributed by atoms with Crippen molar-refractivity contribution in [3.8, 4) is 0 Å². The second-order valence-corrected chi connectivity index (χ2v) is 11.5. The van der Waals surface area contributed by atoms with E-state index in [0.717, 1.165) is 59.1 Å². The third kappa shape index (κ3) is 11.0. The molecule has 0 saturated heterocycles. The van der Waals surface area contributed by atoms with E-state index in [1.54, 1.807) is 30.3 Å². The van der Waals surface area contributed by atoms with Gasteiger partial charge in [0.15, 0.2) is 0 Å². The van der Waals surface area contributed by atoms with Crippen LogP contribution in [-0.4, -0.2) is 74.6 Å². The van der Waals surface area contributed by atoms with Gasteiger partial charge in [-0.25, -0.2) is 4.98 Å². The highest BCUT2D eigenvalue weighted by Gasteiger charge is 2.27. The molecule has 1 heterocycles. The van der Waals surface area contributed by atoms with Crippen molar-refractivity contribution in [3.63, 3.8) is 0 Å². The number of carbonyl (C=O) groups is 3. The first-order valence-electron chi connectivity index (χ1n) is 15.5. The Hall–Kier alpha value is -4.67. The lowest BCUT2D eigenvalue weighted by Gasteiger charge is -2.16. The zero-order valence-electron chi connectivity index (χ0n) is 27.3. The number of aryl methyl sites for hydroxylation is 2. The van der Waals surface area contributed by atoms with Gasteiger partial charge >= 0.3 is 0 Å². The lowest BCUT2D eigenvalue weighted by Crippen LogP contribution is -2.34. The fourth-order valence-electron chi connectivity index (χ4n) is 5.13. The monoisotopic (exact) mass is 626 g/mol. The summed E-state index contributed by atoms with van der Waals surface area (Å²) in [5, 5.41) is 12.8. The molecule has 0 aliphatic heterocycles. The van der Waals surface area contributed by atoms with E-state index < -0.39 is 0 Å². The smallest absolute Gasteiger partial charge is 0.236 e. The number of amides is 2. The maximum Gasteiger partial charge on any atom is 0.236 e. The van der Waals surface area contributed by atoms with Crippen molar-refractivity contribution < 1.29 is 19.1 Å². The lowest BCUT2D eigenvalue weighted by atomic mass is 10.1. The molecule has 1 aliphatic carbocycles. The van der Waals surface area contributed by atoms with Crippen LogP contribution in [0.5, 0.6) is 0 Å². The molecule has 1 aliphatic rings. The molecule has 10 nitrogen and oxygen atoms in total. The fourth-order valence-corrected chi connectivity index (χ4v) is 5.13. The summed E-state index contributed by atoms with van der Waals surface area (Å²) < 4.78 is 5.62. The minimum Gasteiger partial charge on any atom is -0.398 e. The maximum absolute atomic E-state index is 12.7. The van der Waals surface area contributed by atoms with Gasteiger partial charge in [0.1, 0.15) is 12.1 Å². The first-order valence-corrected chi connectivity index (χ1v) is 15.5. The quantitative estimate of drug-likeness (QED) is 0.0883. The van der Waals surface area contributed by atoms with Crippen molar-refractivity contribution in [2.45, 2.75) is 39.5 Å². The summed E-state index contributed by atoms with van der Waals surface area (Å²) in [7, 11) is 3.58. The molecule has 1 atom stereocenters. The number of nitrogens with zero attached hydrogens (tertiary/aromatic N) is 2. The maximum atomic E-state index is 12.7. The number of unbranched alkanes of at least 4 members (excludes halogenated alkanes) is 1. The lowest BCUT2D eigenvalue weighted by molar-refractivity contribution is -0.129. The van der Waals surface area contributed by atoms with Crippen LogP contribution in [0.25, 0.3) is 6.08 Å². The van der Waals surface area contributed by atoms with Crippen LogP contribution in [0.2, 0.25) is 0 Å². The molecule has 0 radical (unpaired) electrons. The largest absolute Gasteiger partial charge is 0.398 e. The average Bonchev–Trinajstić information content (AvgIpc) is 3.49. The van der Waals surface area contributed by atoms with E-state index in [9.17, 15) is 14.4 Å². The van der Waals surface area contributed by atoms with Gasteiger partial charge in [0.05, 0.1) is 13.2 Å². The second-order valence-electron chi connectivity index (χ2n) is 11.5. The summed E-state index contributed by atoms with van der Waals surface area (Å²) >= 11 is 0. The molecule has 3 aromatic rings. The number of benzene rings is 2. The average molecular weight is 627 g/mol. The molecule has 1 aromatic heterocycles. The molecule has 1 unspecified atom stereocenters. The minimum absolute atomic E-state index is 0.0596. The Bertz CT molecular complexity index is 1520. The highest BCUT2D eigenvalue weighted by molar-refractivity contribution is 5.92. The SMILES string of the molecule is CNCC(=O)N(C)CCCCOC/C=C/c1ccc(NC(=O)C2Cc3ccc(C=O)cc3C2)nc1.Cc1cc(C)c(N)c(C=N)c1. The van der Waals surface area contributed by atoms with Crippen molar-refractivity contribution in [1.82, 2.24) is 15.2 Å². The van der Waals surface area contributed by atoms with E-state index in [1.165, 1.54) is 6.21 Å². The summed E-state index contributed by atoms with van der Waals surface area (Å²) in [6.45, 7) is 6.18. The number of hydrogen-bond acceptors (Lipinski definition) is 8. The number of hydrogen-bond donors (Lipinski definition) is 4. The van der Waals surface area contributed by atoms with Crippen LogP contribution in [0.15, 0.2) is 54.7 Å². The third-order valence-electron chi connectivity index (χ3n) is 7.74. The first kappa shape index (κ1) is 35.8. The van der Waals surface area contributed by atoms with Gasteiger partial charge in [-0.05, 0) is 93.1 Å². The molecule has 0 bridgehead atoms. The molecular weight excluding hydrogens is 580 g/mol. The summed E-state index contributed by atoms with van der Waals surface area (Å²) in [5.41, 5.74) is 13.2. The number of aromatic nitrogens is 1. The Morgan fingerprint density at radius 2 is 1.85 bits per heavy atom. The van der Waals surface area contributed by atoms with E-state index in [4.69, 9.17) is 15.9 Å². The number of ether oxygens (including phenoxy) is 1. The first-order chi connectivity index (χ1) is 22.1. The molecule has 2 amide bonds. The predicted molar refractivity (Wildman–Crippen MR) is 184 cm³/mol. The van der Waals surface area contributed by atoms with Crippen LogP contribution < -0.4 is 16.4 Å². The standard InChI is InChI=1S/C27H34N4O4.C9H12N2/c1-28-18-26(33)31(2)11-3-4-12-35-13-5-6-20-8-10-25(29-17-20)30-27(34)24-15-22-9-7-21(19-32)14-23(22)16-24;1-6-3-7(2)9(11)8(4-6)5-10/h5-10,14,17,19,24,28H,3-4,11-13,15-16,18H2,1-2H3,(H,29,30,34);3-5,10H,11H2,1-2H3/b6-5+;. The van der Waals surface area contributed by atoms with Crippen LogP contribution in [0, 0.1) is 25.2 Å². The van der Waals surface area contributed by atoms with Gasteiger partial charge in [0, 0.05) is 55.3 Å². The molecular formula is C36H46N6O4.